The summed E-state index contributed by atoms with van der Waals surface area (Å²) < 4.78 is 5.20. The standard InChI is InChI=1S/C15H14N2OS/c16-14(10-19-15-17-8-9-18-15)13-7-3-5-11-4-1-2-6-12(11)13/h1-9,14H,10,16H2. The van der Waals surface area contributed by atoms with Crippen molar-refractivity contribution in [2.75, 3.05) is 5.75 Å². The SMILES string of the molecule is NC(CSc1ncco1)c1cccc2ccccc12. The van der Waals surface area contributed by atoms with Crippen LogP contribution >= 0.6 is 11.8 Å². The van der Waals surface area contributed by atoms with Gasteiger partial charge in [-0.25, -0.2) is 4.98 Å². The zero-order valence-corrected chi connectivity index (χ0v) is 11.1. The van der Waals surface area contributed by atoms with Crippen molar-refractivity contribution in [3.8, 4) is 0 Å². The molecular formula is C15H14N2OS. The zero-order chi connectivity index (χ0) is 13.1. The van der Waals surface area contributed by atoms with Crippen LogP contribution in [0.5, 0.6) is 0 Å². The molecule has 0 aliphatic carbocycles. The molecule has 0 saturated heterocycles. The van der Waals surface area contributed by atoms with Gasteiger partial charge in [-0.15, -0.1) is 0 Å². The first-order chi connectivity index (χ1) is 9.34. The monoisotopic (exact) mass is 270 g/mol. The molecule has 19 heavy (non-hydrogen) atoms. The van der Waals surface area contributed by atoms with Gasteiger partial charge in [-0.3, -0.25) is 0 Å². The zero-order valence-electron chi connectivity index (χ0n) is 10.3. The summed E-state index contributed by atoms with van der Waals surface area (Å²) in [6.07, 6.45) is 3.22. The molecule has 2 N–H and O–H groups in total. The maximum atomic E-state index is 6.29. The average Bonchev–Trinajstić information content (AvgIpc) is 2.97. The van der Waals surface area contributed by atoms with Crippen molar-refractivity contribution < 1.29 is 4.42 Å². The van der Waals surface area contributed by atoms with Gasteiger partial charge in [0, 0.05) is 11.8 Å². The summed E-state index contributed by atoms with van der Waals surface area (Å²) in [5.41, 5.74) is 7.45. The molecule has 1 atom stereocenters. The molecule has 0 aliphatic heterocycles. The number of nitrogens with zero attached hydrogens (tertiary/aromatic N) is 1. The average molecular weight is 270 g/mol. The highest BCUT2D eigenvalue weighted by atomic mass is 32.2. The van der Waals surface area contributed by atoms with E-state index in [4.69, 9.17) is 10.2 Å². The highest BCUT2D eigenvalue weighted by Crippen LogP contribution is 2.27. The Morgan fingerprint density at radius 1 is 1.16 bits per heavy atom. The number of thioether (sulfide) groups is 1. The fourth-order valence-electron chi connectivity index (χ4n) is 2.11. The Bertz CT molecular complexity index is 661. The first-order valence-corrected chi connectivity index (χ1v) is 7.08. The second-order valence-electron chi connectivity index (χ2n) is 4.28. The van der Waals surface area contributed by atoms with Gasteiger partial charge in [0.25, 0.3) is 5.22 Å². The molecular weight excluding hydrogens is 256 g/mol. The maximum Gasteiger partial charge on any atom is 0.255 e. The third kappa shape index (κ3) is 2.64. The van der Waals surface area contributed by atoms with Crippen LogP contribution < -0.4 is 5.73 Å². The molecule has 96 valence electrons. The van der Waals surface area contributed by atoms with Crippen LogP contribution in [0.25, 0.3) is 10.8 Å². The number of aromatic nitrogens is 1. The van der Waals surface area contributed by atoms with Gasteiger partial charge in [0.05, 0.1) is 6.20 Å². The molecule has 0 amide bonds. The number of rotatable bonds is 4. The first kappa shape index (κ1) is 12.3. The van der Waals surface area contributed by atoms with E-state index in [0.29, 0.717) is 5.22 Å². The lowest BCUT2D eigenvalue weighted by Crippen LogP contribution is -2.13. The highest BCUT2D eigenvalue weighted by Gasteiger charge is 2.11. The smallest absolute Gasteiger partial charge is 0.255 e. The van der Waals surface area contributed by atoms with Crippen molar-refractivity contribution >= 4 is 22.5 Å². The summed E-state index contributed by atoms with van der Waals surface area (Å²) >= 11 is 1.54. The maximum absolute atomic E-state index is 6.29. The fraction of sp³-hybridized carbons (Fsp3) is 0.133. The quantitative estimate of drug-likeness (QED) is 0.736. The minimum absolute atomic E-state index is 0.0389. The van der Waals surface area contributed by atoms with E-state index in [1.54, 1.807) is 12.5 Å². The number of fused-ring (bicyclic) bond motifs is 1. The van der Waals surface area contributed by atoms with E-state index in [9.17, 15) is 0 Å². The number of benzene rings is 2. The second kappa shape index (κ2) is 5.47. The Morgan fingerprint density at radius 2 is 2.00 bits per heavy atom. The third-order valence-electron chi connectivity index (χ3n) is 3.02. The van der Waals surface area contributed by atoms with Crippen LogP contribution in [-0.2, 0) is 0 Å². The molecule has 0 radical (unpaired) electrons. The third-order valence-corrected chi connectivity index (χ3v) is 3.99. The molecule has 0 bridgehead atoms. The van der Waals surface area contributed by atoms with Gasteiger partial charge < -0.3 is 10.2 Å². The van der Waals surface area contributed by atoms with Crippen LogP contribution in [0.15, 0.2) is 64.6 Å². The lowest BCUT2D eigenvalue weighted by Gasteiger charge is -2.13. The Balaban J connectivity index is 1.83. The fourth-order valence-corrected chi connectivity index (χ4v) is 2.87. The Hall–Kier alpha value is -1.78. The van der Waals surface area contributed by atoms with Gasteiger partial charge in [-0.1, -0.05) is 54.2 Å². The molecule has 0 fully saturated rings. The van der Waals surface area contributed by atoms with Gasteiger partial charge >= 0.3 is 0 Å². The summed E-state index contributed by atoms with van der Waals surface area (Å²) in [6, 6.07) is 14.5. The molecule has 3 nitrogen and oxygen atoms in total. The lowest BCUT2D eigenvalue weighted by atomic mass is 10.0. The van der Waals surface area contributed by atoms with Crippen molar-refractivity contribution in [3.63, 3.8) is 0 Å². The van der Waals surface area contributed by atoms with E-state index in [1.165, 1.54) is 22.5 Å². The molecule has 3 aromatic rings. The highest BCUT2D eigenvalue weighted by molar-refractivity contribution is 7.99. The summed E-state index contributed by atoms with van der Waals surface area (Å²) in [5.74, 6) is 0.745. The van der Waals surface area contributed by atoms with Crippen molar-refractivity contribution in [2.24, 2.45) is 5.73 Å². The van der Waals surface area contributed by atoms with Gasteiger partial charge in [0.1, 0.15) is 6.26 Å². The number of hydrogen-bond acceptors (Lipinski definition) is 4. The molecule has 0 spiro atoms. The summed E-state index contributed by atoms with van der Waals surface area (Å²) in [6.45, 7) is 0. The van der Waals surface area contributed by atoms with Crippen LogP contribution in [0, 0.1) is 0 Å². The number of oxazole rings is 1. The van der Waals surface area contributed by atoms with Crippen molar-refractivity contribution in [3.05, 3.63) is 60.5 Å². The van der Waals surface area contributed by atoms with Crippen LogP contribution in [0.1, 0.15) is 11.6 Å². The lowest BCUT2D eigenvalue weighted by molar-refractivity contribution is 0.454. The number of hydrogen-bond donors (Lipinski definition) is 1. The number of nitrogens with two attached hydrogens (primary N) is 1. The van der Waals surface area contributed by atoms with Gasteiger partial charge in [-0.2, -0.15) is 0 Å². The second-order valence-corrected chi connectivity index (χ2v) is 5.26. The molecule has 1 unspecified atom stereocenters. The van der Waals surface area contributed by atoms with Gasteiger partial charge in [0.15, 0.2) is 0 Å². The first-order valence-electron chi connectivity index (χ1n) is 6.10. The van der Waals surface area contributed by atoms with Crippen LogP contribution in [-0.4, -0.2) is 10.7 Å². The van der Waals surface area contributed by atoms with E-state index in [1.807, 2.05) is 18.2 Å². The van der Waals surface area contributed by atoms with Crippen molar-refractivity contribution in [1.82, 2.24) is 4.98 Å². The molecule has 0 aliphatic rings. The van der Waals surface area contributed by atoms with Crippen LogP contribution in [0.2, 0.25) is 0 Å². The Labute approximate surface area is 115 Å². The van der Waals surface area contributed by atoms with E-state index in [-0.39, 0.29) is 6.04 Å². The normalized spacial score (nSPS) is 12.7. The largest absolute Gasteiger partial charge is 0.440 e. The summed E-state index contributed by atoms with van der Waals surface area (Å²) in [7, 11) is 0. The van der Waals surface area contributed by atoms with Crippen molar-refractivity contribution in [2.45, 2.75) is 11.3 Å². The predicted octanol–water partition coefficient (Wildman–Crippen LogP) is 3.62. The van der Waals surface area contributed by atoms with E-state index < -0.39 is 0 Å². The molecule has 3 rings (SSSR count). The van der Waals surface area contributed by atoms with Crippen molar-refractivity contribution in [1.29, 1.82) is 0 Å². The molecule has 0 saturated carbocycles. The molecule has 1 heterocycles. The minimum Gasteiger partial charge on any atom is -0.440 e. The van der Waals surface area contributed by atoms with Gasteiger partial charge in [-0.05, 0) is 16.3 Å². The molecule has 2 aromatic carbocycles. The van der Waals surface area contributed by atoms with E-state index in [0.717, 1.165) is 11.3 Å². The minimum atomic E-state index is -0.0389. The van der Waals surface area contributed by atoms with E-state index >= 15 is 0 Å². The summed E-state index contributed by atoms with van der Waals surface area (Å²) in [5, 5.41) is 3.10. The Morgan fingerprint density at radius 3 is 2.84 bits per heavy atom. The topological polar surface area (TPSA) is 52.0 Å². The van der Waals surface area contributed by atoms with E-state index in [2.05, 4.69) is 29.2 Å². The Kier molecular flexibility index (Phi) is 3.53. The molecule has 4 heteroatoms. The predicted molar refractivity (Wildman–Crippen MR) is 78.1 cm³/mol. The van der Waals surface area contributed by atoms with Crippen LogP contribution in [0.4, 0.5) is 0 Å². The summed E-state index contributed by atoms with van der Waals surface area (Å²) in [4.78, 5) is 4.08. The van der Waals surface area contributed by atoms with Crippen LogP contribution in [0.3, 0.4) is 0 Å². The molecule has 1 aromatic heterocycles. The van der Waals surface area contributed by atoms with Gasteiger partial charge in [0.2, 0.25) is 0 Å².